The number of hydrogen-bond donors (Lipinski definition) is 1. The number of pyridine rings is 2. The third-order valence-electron chi connectivity index (χ3n) is 7.46. The molecule has 1 saturated carbocycles. The molecule has 4 aromatic heterocycles. The van der Waals surface area contributed by atoms with E-state index in [9.17, 15) is 4.79 Å². The second kappa shape index (κ2) is 7.70. The van der Waals surface area contributed by atoms with Crippen LogP contribution in [0.3, 0.4) is 0 Å². The molecule has 37 heavy (non-hydrogen) atoms. The molecule has 1 aromatic carbocycles. The normalized spacial score (nSPS) is 19.9. The molecular weight excluding hydrogens is 468 g/mol. The molecule has 5 aromatic rings. The van der Waals surface area contributed by atoms with Crippen molar-refractivity contribution in [3.63, 3.8) is 0 Å². The first-order valence-corrected chi connectivity index (χ1v) is 12.2. The molecule has 1 aliphatic carbocycles. The van der Waals surface area contributed by atoms with E-state index < -0.39 is 0 Å². The van der Waals surface area contributed by atoms with Gasteiger partial charge in [-0.2, -0.15) is 5.10 Å². The predicted molar refractivity (Wildman–Crippen MR) is 138 cm³/mol. The number of hydrogen-bond acceptors (Lipinski definition) is 8. The van der Waals surface area contributed by atoms with Gasteiger partial charge in [0.1, 0.15) is 35.8 Å². The van der Waals surface area contributed by atoms with Gasteiger partial charge in [-0.1, -0.05) is 13.8 Å². The molecule has 7 rings (SSSR count). The van der Waals surface area contributed by atoms with Gasteiger partial charge in [0.15, 0.2) is 5.65 Å². The van der Waals surface area contributed by atoms with Gasteiger partial charge in [0.05, 0.1) is 11.7 Å². The first-order valence-electron chi connectivity index (χ1n) is 12.2. The van der Waals surface area contributed by atoms with Gasteiger partial charge in [-0.05, 0) is 55.2 Å². The van der Waals surface area contributed by atoms with E-state index in [0.717, 1.165) is 28.8 Å². The number of benzene rings is 1. The number of carbonyl (C=O) groups is 1. The Morgan fingerprint density at radius 1 is 1.05 bits per heavy atom. The molecule has 1 N–H and O–H groups in total. The van der Waals surface area contributed by atoms with Crippen molar-refractivity contribution in [1.29, 1.82) is 0 Å². The maximum absolute atomic E-state index is 13.1. The summed E-state index contributed by atoms with van der Waals surface area (Å²) in [5.41, 5.74) is 2.89. The fourth-order valence-electron chi connectivity index (χ4n) is 5.28. The zero-order valence-corrected chi connectivity index (χ0v) is 20.6. The predicted octanol–water partition coefficient (Wildman–Crippen LogP) is 4.67. The molecule has 2 fully saturated rings. The van der Waals surface area contributed by atoms with E-state index >= 15 is 0 Å². The van der Waals surface area contributed by atoms with E-state index in [1.165, 1.54) is 12.7 Å². The van der Waals surface area contributed by atoms with Gasteiger partial charge in [0.2, 0.25) is 5.91 Å². The molecular formula is C27H24N8O2. The highest BCUT2D eigenvalue weighted by molar-refractivity contribution is 6.03. The van der Waals surface area contributed by atoms with Crippen molar-refractivity contribution < 1.29 is 9.53 Å². The Balaban J connectivity index is 1.17. The van der Waals surface area contributed by atoms with Crippen LogP contribution in [0.1, 0.15) is 25.8 Å². The number of nitrogens with zero attached hydrogens (tertiary/aromatic N) is 7. The summed E-state index contributed by atoms with van der Waals surface area (Å²) in [6.07, 6.45) is 7.56. The zero-order valence-electron chi connectivity index (χ0n) is 20.6. The number of piperidine rings is 1. The molecule has 5 heterocycles. The minimum absolute atomic E-state index is 0.126. The van der Waals surface area contributed by atoms with Crippen LogP contribution in [0.2, 0.25) is 0 Å². The number of amides is 1. The summed E-state index contributed by atoms with van der Waals surface area (Å²) >= 11 is 0. The summed E-state index contributed by atoms with van der Waals surface area (Å²) in [5, 5.41) is 8.32. The van der Waals surface area contributed by atoms with Crippen molar-refractivity contribution in [2.45, 2.75) is 33.2 Å². The van der Waals surface area contributed by atoms with Crippen molar-refractivity contribution in [2.24, 2.45) is 11.3 Å². The lowest BCUT2D eigenvalue weighted by molar-refractivity contribution is -0.125. The van der Waals surface area contributed by atoms with Crippen LogP contribution < -0.4 is 15.0 Å². The Kier molecular flexibility index (Phi) is 4.51. The van der Waals surface area contributed by atoms with Crippen molar-refractivity contribution in [1.82, 2.24) is 29.5 Å². The maximum atomic E-state index is 13.1. The van der Waals surface area contributed by atoms with Crippen LogP contribution in [-0.2, 0) is 4.79 Å². The highest BCUT2D eigenvalue weighted by Gasteiger charge is 2.63. The topological polar surface area (TPSA) is 110 Å². The summed E-state index contributed by atoms with van der Waals surface area (Å²) in [5.74, 6) is 3.24. The molecule has 2 aliphatic rings. The number of aromatic nitrogens is 6. The fraction of sp³-hybridized carbons (Fsp3) is 0.259. The smallest absolute Gasteiger partial charge is 0.234 e. The van der Waals surface area contributed by atoms with E-state index in [4.69, 9.17) is 4.74 Å². The third-order valence-corrected chi connectivity index (χ3v) is 7.46. The number of aryl methyl sites for hydroxylation is 1. The van der Waals surface area contributed by atoms with Crippen LogP contribution in [0.25, 0.3) is 16.6 Å². The quantitative estimate of drug-likeness (QED) is 0.377. The molecule has 2 atom stereocenters. The van der Waals surface area contributed by atoms with Gasteiger partial charge in [-0.3, -0.25) is 9.69 Å². The monoisotopic (exact) mass is 492 g/mol. The summed E-state index contributed by atoms with van der Waals surface area (Å²) in [7, 11) is 0. The maximum Gasteiger partial charge on any atom is 0.234 e. The number of ether oxygens (including phenoxy) is 1. The van der Waals surface area contributed by atoms with E-state index in [-0.39, 0.29) is 17.4 Å². The average Bonchev–Trinajstić information content (AvgIpc) is 3.49. The zero-order chi connectivity index (χ0) is 25.3. The van der Waals surface area contributed by atoms with E-state index in [1.807, 2.05) is 68.3 Å². The van der Waals surface area contributed by atoms with Crippen LogP contribution >= 0.6 is 0 Å². The van der Waals surface area contributed by atoms with Crippen LogP contribution in [0, 0.1) is 18.3 Å². The molecule has 1 amide bonds. The second-order valence-electron chi connectivity index (χ2n) is 10.2. The fourth-order valence-corrected chi connectivity index (χ4v) is 5.28. The number of fused-ring (bicyclic) bond motifs is 3. The standard InChI is InChI=1S/C27H24N8O2/c1-15-8-16(4-5-22(15)37-17-6-7-34-23(9-17)30-14-32-34)33-25-18-10-24(28-12-20(18)29-13-31-25)35-21-11-19(21)27(2,3)26(35)36/h4-10,12-14,19,21H,11H2,1-3H3,(H,29,31,33). The third kappa shape index (κ3) is 3.47. The molecule has 184 valence electrons. The highest BCUT2D eigenvalue weighted by Crippen LogP contribution is 2.57. The van der Waals surface area contributed by atoms with Crippen LogP contribution in [-0.4, -0.2) is 41.5 Å². The average molecular weight is 493 g/mol. The number of rotatable bonds is 5. The molecule has 1 saturated heterocycles. The first kappa shape index (κ1) is 21.7. The SMILES string of the molecule is Cc1cc(Nc2ncnc3cnc(N4C(=O)C(C)(C)C5CC54)cc23)ccc1Oc1ccn2ncnc2c1. The lowest BCUT2D eigenvalue weighted by atomic mass is 9.88. The van der Waals surface area contributed by atoms with Crippen LogP contribution in [0.5, 0.6) is 11.5 Å². The van der Waals surface area contributed by atoms with Gasteiger partial charge < -0.3 is 10.1 Å². The lowest BCUT2D eigenvalue weighted by Gasteiger charge is -2.24. The second-order valence-corrected chi connectivity index (χ2v) is 10.2. The largest absolute Gasteiger partial charge is 0.457 e. The molecule has 0 bridgehead atoms. The molecule has 2 unspecified atom stereocenters. The summed E-state index contributed by atoms with van der Waals surface area (Å²) in [4.78, 5) is 32.5. The van der Waals surface area contributed by atoms with Crippen molar-refractivity contribution >= 4 is 39.8 Å². The highest BCUT2D eigenvalue weighted by atomic mass is 16.5. The minimum atomic E-state index is -0.349. The Morgan fingerprint density at radius 2 is 1.95 bits per heavy atom. The summed E-state index contributed by atoms with van der Waals surface area (Å²) < 4.78 is 7.78. The number of anilines is 3. The Hall–Kier alpha value is -4.60. The Morgan fingerprint density at radius 3 is 2.76 bits per heavy atom. The lowest BCUT2D eigenvalue weighted by Crippen LogP contribution is -2.36. The van der Waals surface area contributed by atoms with Crippen LogP contribution in [0.15, 0.2) is 61.4 Å². The Labute approximate surface area is 212 Å². The molecule has 10 nitrogen and oxygen atoms in total. The van der Waals surface area contributed by atoms with E-state index in [1.54, 1.807) is 10.7 Å². The minimum Gasteiger partial charge on any atom is -0.457 e. The van der Waals surface area contributed by atoms with Crippen molar-refractivity contribution in [3.8, 4) is 11.5 Å². The van der Waals surface area contributed by atoms with Gasteiger partial charge in [-0.15, -0.1) is 0 Å². The van der Waals surface area contributed by atoms with Crippen molar-refractivity contribution in [3.05, 3.63) is 67.0 Å². The van der Waals surface area contributed by atoms with Gasteiger partial charge >= 0.3 is 0 Å². The molecule has 0 spiro atoms. The van der Waals surface area contributed by atoms with E-state index in [2.05, 4.69) is 30.4 Å². The summed E-state index contributed by atoms with van der Waals surface area (Å²) in [6.45, 7) is 6.04. The molecule has 1 aliphatic heterocycles. The van der Waals surface area contributed by atoms with Gasteiger partial charge in [0, 0.05) is 34.8 Å². The van der Waals surface area contributed by atoms with E-state index in [0.29, 0.717) is 34.5 Å². The van der Waals surface area contributed by atoms with Gasteiger partial charge in [0.25, 0.3) is 0 Å². The van der Waals surface area contributed by atoms with Crippen molar-refractivity contribution in [2.75, 3.05) is 10.2 Å². The van der Waals surface area contributed by atoms with Crippen LogP contribution in [0.4, 0.5) is 17.3 Å². The number of nitrogens with one attached hydrogen (secondary N) is 1. The molecule has 10 heteroatoms. The summed E-state index contributed by atoms with van der Waals surface area (Å²) in [6, 6.07) is 11.7. The number of carbonyl (C=O) groups excluding carboxylic acids is 1. The van der Waals surface area contributed by atoms with Gasteiger partial charge in [-0.25, -0.2) is 24.5 Å². The molecule has 0 radical (unpaired) electrons. The Bertz CT molecular complexity index is 1710. The first-order chi connectivity index (χ1) is 17.9.